The molecule has 0 heterocycles. The number of hydrazone groups is 1. The average molecular weight is 447 g/mol. The van der Waals surface area contributed by atoms with Crippen molar-refractivity contribution >= 4 is 12.1 Å². The van der Waals surface area contributed by atoms with Crippen LogP contribution in [-0.2, 0) is 11.4 Å². The average Bonchev–Trinajstić information content (AvgIpc) is 2.82. The molecule has 3 aromatic carbocycles. The van der Waals surface area contributed by atoms with Gasteiger partial charge in [0.1, 0.15) is 12.4 Å². The molecule has 0 saturated carbocycles. The number of rotatable bonds is 10. The molecule has 0 atom stereocenters. The van der Waals surface area contributed by atoms with Crippen LogP contribution in [-0.4, -0.2) is 25.8 Å². The van der Waals surface area contributed by atoms with Crippen LogP contribution >= 0.6 is 0 Å². The molecule has 3 aromatic rings. The molecular formula is C27H30N2O4. The SMILES string of the molecule is COc1cc(/C=N/NC(=O)COc2cccc(C(C)C)c2)ccc1OCc1ccccc1C. The van der Waals surface area contributed by atoms with Crippen molar-refractivity contribution in [2.75, 3.05) is 13.7 Å². The lowest BCUT2D eigenvalue weighted by atomic mass is 10.0. The lowest BCUT2D eigenvalue weighted by Gasteiger charge is -2.12. The third-order valence-corrected chi connectivity index (χ3v) is 5.13. The Balaban J connectivity index is 1.52. The van der Waals surface area contributed by atoms with Gasteiger partial charge < -0.3 is 14.2 Å². The molecule has 1 N–H and O–H groups in total. The van der Waals surface area contributed by atoms with E-state index in [2.05, 4.69) is 37.4 Å². The molecule has 0 aliphatic carbocycles. The van der Waals surface area contributed by atoms with Crippen molar-refractivity contribution in [3.8, 4) is 17.2 Å². The molecule has 33 heavy (non-hydrogen) atoms. The summed E-state index contributed by atoms with van der Waals surface area (Å²) in [7, 11) is 1.59. The van der Waals surface area contributed by atoms with Gasteiger partial charge in [-0.15, -0.1) is 0 Å². The minimum absolute atomic E-state index is 0.117. The fourth-order valence-corrected chi connectivity index (χ4v) is 3.13. The van der Waals surface area contributed by atoms with Crippen LogP contribution in [0, 0.1) is 6.92 Å². The molecule has 0 aliphatic rings. The first-order valence-corrected chi connectivity index (χ1v) is 10.9. The maximum absolute atomic E-state index is 12.1. The summed E-state index contributed by atoms with van der Waals surface area (Å²) >= 11 is 0. The zero-order valence-electron chi connectivity index (χ0n) is 19.5. The molecule has 0 aliphatic heterocycles. The minimum atomic E-state index is -0.341. The molecule has 0 saturated heterocycles. The first kappa shape index (κ1) is 23.9. The highest BCUT2D eigenvalue weighted by Crippen LogP contribution is 2.28. The van der Waals surface area contributed by atoms with Gasteiger partial charge in [-0.3, -0.25) is 4.79 Å². The Morgan fingerprint density at radius 3 is 2.58 bits per heavy atom. The number of aryl methyl sites for hydroxylation is 1. The number of nitrogens with one attached hydrogen (secondary N) is 1. The largest absolute Gasteiger partial charge is 0.493 e. The zero-order chi connectivity index (χ0) is 23.6. The summed E-state index contributed by atoms with van der Waals surface area (Å²) in [5.74, 6) is 1.94. The highest BCUT2D eigenvalue weighted by molar-refractivity contribution is 5.83. The number of ether oxygens (including phenoxy) is 3. The molecule has 0 spiro atoms. The fraction of sp³-hybridized carbons (Fsp3) is 0.259. The van der Waals surface area contributed by atoms with Gasteiger partial charge in [-0.25, -0.2) is 5.43 Å². The van der Waals surface area contributed by atoms with E-state index >= 15 is 0 Å². The molecule has 0 aromatic heterocycles. The summed E-state index contributed by atoms with van der Waals surface area (Å²) in [4.78, 5) is 12.1. The third kappa shape index (κ3) is 7.10. The molecule has 3 rings (SSSR count). The van der Waals surface area contributed by atoms with Crippen molar-refractivity contribution in [3.63, 3.8) is 0 Å². The van der Waals surface area contributed by atoms with Crippen LogP contribution in [0.1, 0.15) is 42.0 Å². The Bertz CT molecular complexity index is 1110. The molecule has 6 heteroatoms. The maximum atomic E-state index is 12.1. The van der Waals surface area contributed by atoms with Gasteiger partial charge in [0, 0.05) is 0 Å². The quantitative estimate of drug-likeness (QED) is 0.342. The molecule has 0 bridgehead atoms. The highest BCUT2D eigenvalue weighted by atomic mass is 16.5. The number of methoxy groups -OCH3 is 1. The predicted octanol–water partition coefficient (Wildman–Crippen LogP) is 5.24. The molecule has 172 valence electrons. The van der Waals surface area contributed by atoms with E-state index in [0.717, 1.165) is 16.7 Å². The maximum Gasteiger partial charge on any atom is 0.277 e. The summed E-state index contributed by atoms with van der Waals surface area (Å²) < 4.78 is 16.9. The van der Waals surface area contributed by atoms with Gasteiger partial charge in [0.15, 0.2) is 18.1 Å². The van der Waals surface area contributed by atoms with Crippen molar-refractivity contribution in [1.29, 1.82) is 0 Å². The summed E-state index contributed by atoms with van der Waals surface area (Å²) in [6.07, 6.45) is 1.55. The van der Waals surface area contributed by atoms with Gasteiger partial charge in [0.25, 0.3) is 5.91 Å². The Morgan fingerprint density at radius 2 is 1.82 bits per heavy atom. The van der Waals surface area contributed by atoms with Crippen LogP contribution in [0.25, 0.3) is 0 Å². The molecule has 0 fully saturated rings. The monoisotopic (exact) mass is 446 g/mol. The van der Waals surface area contributed by atoms with Gasteiger partial charge in [0.2, 0.25) is 0 Å². The Labute approximate surface area is 195 Å². The van der Waals surface area contributed by atoms with Crippen LogP contribution in [0.4, 0.5) is 0 Å². The van der Waals surface area contributed by atoms with E-state index in [-0.39, 0.29) is 12.5 Å². The van der Waals surface area contributed by atoms with Crippen LogP contribution in [0.2, 0.25) is 0 Å². The third-order valence-electron chi connectivity index (χ3n) is 5.13. The van der Waals surface area contributed by atoms with E-state index in [1.54, 1.807) is 19.4 Å². The number of amides is 1. The van der Waals surface area contributed by atoms with E-state index in [1.807, 2.05) is 54.6 Å². The lowest BCUT2D eigenvalue weighted by molar-refractivity contribution is -0.123. The number of carbonyl (C=O) groups excluding carboxylic acids is 1. The number of benzene rings is 3. The summed E-state index contributed by atoms with van der Waals surface area (Å²) in [5.41, 5.74) is 6.69. The number of nitrogens with zero attached hydrogens (tertiary/aromatic N) is 1. The van der Waals surface area contributed by atoms with E-state index in [4.69, 9.17) is 14.2 Å². The Morgan fingerprint density at radius 1 is 1.00 bits per heavy atom. The van der Waals surface area contributed by atoms with E-state index in [0.29, 0.717) is 29.8 Å². The topological polar surface area (TPSA) is 69.2 Å². The van der Waals surface area contributed by atoms with E-state index in [1.165, 1.54) is 5.56 Å². The summed E-state index contributed by atoms with van der Waals surface area (Å²) in [6, 6.07) is 21.3. The Kier molecular flexibility index (Phi) is 8.47. The van der Waals surface area contributed by atoms with Gasteiger partial charge in [-0.1, -0.05) is 50.2 Å². The smallest absolute Gasteiger partial charge is 0.277 e. The van der Waals surface area contributed by atoms with Crippen LogP contribution < -0.4 is 19.6 Å². The van der Waals surface area contributed by atoms with Crippen LogP contribution in [0.15, 0.2) is 71.8 Å². The molecule has 1 amide bonds. The second kappa shape index (κ2) is 11.7. The lowest BCUT2D eigenvalue weighted by Crippen LogP contribution is -2.24. The first-order chi connectivity index (χ1) is 16.0. The van der Waals surface area contributed by atoms with Crippen molar-refractivity contribution in [3.05, 3.63) is 89.0 Å². The van der Waals surface area contributed by atoms with Gasteiger partial charge in [0.05, 0.1) is 13.3 Å². The van der Waals surface area contributed by atoms with Gasteiger partial charge in [-0.05, 0) is 65.4 Å². The second-order valence-electron chi connectivity index (χ2n) is 7.93. The van der Waals surface area contributed by atoms with E-state index in [9.17, 15) is 4.79 Å². The highest BCUT2D eigenvalue weighted by Gasteiger charge is 2.07. The number of hydrogen-bond acceptors (Lipinski definition) is 5. The zero-order valence-corrected chi connectivity index (χ0v) is 19.5. The van der Waals surface area contributed by atoms with Crippen LogP contribution in [0.3, 0.4) is 0 Å². The fourth-order valence-electron chi connectivity index (χ4n) is 3.13. The molecule has 0 unspecified atom stereocenters. The van der Waals surface area contributed by atoms with Crippen LogP contribution in [0.5, 0.6) is 17.2 Å². The summed E-state index contributed by atoms with van der Waals surface area (Å²) in [6.45, 7) is 6.61. The van der Waals surface area contributed by atoms with Crippen molar-refractivity contribution in [1.82, 2.24) is 5.43 Å². The van der Waals surface area contributed by atoms with Crippen molar-refractivity contribution < 1.29 is 19.0 Å². The normalized spacial score (nSPS) is 10.9. The van der Waals surface area contributed by atoms with Crippen molar-refractivity contribution in [2.45, 2.75) is 33.3 Å². The van der Waals surface area contributed by atoms with Gasteiger partial charge >= 0.3 is 0 Å². The second-order valence-corrected chi connectivity index (χ2v) is 7.93. The van der Waals surface area contributed by atoms with E-state index < -0.39 is 0 Å². The standard InChI is InChI=1S/C27H30N2O4/c1-19(2)22-10-7-11-24(15-22)32-18-27(30)29-28-16-21-12-13-25(26(14-21)31-4)33-17-23-9-6-5-8-20(23)3/h5-16,19H,17-18H2,1-4H3,(H,29,30)/b28-16+. The first-order valence-electron chi connectivity index (χ1n) is 10.9. The molecule has 0 radical (unpaired) electrons. The summed E-state index contributed by atoms with van der Waals surface area (Å²) in [5, 5.41) is 4.01. The number of hydrogen-bond donors (Lipinski definition) is 1. The predicted molar refractivity (Wildman–Crippen MR) is 130 cm³/mol. The van der Waals surface area contributed by atoms with Crippen molar-refractivity contribution in [2.24, 2.45) is 5.10 Å². The number of carbonyl (C=O) groups is 1. The molecule has 6 nitrogen and oxygen atoms in total. The Hall–Kier alpha value is -3.80. The molecular weight excluding hydrogens is 416 g/mol. The van der Waals surface area contributed by atoms with Gasteiger partial charge in [-0.2, -0.15) is 5.10 Å². The minimum Gasteiger partial charge on any atom is -0.493 e.